The Labute approximate surface area is 151 Å². The molecule has 0 spiro atoms. The smallest absolute Gasteiger partial charge is 0.325 e. The number of aromatic nitrogens is 3. The number of amides is 2. The van der Waals surface area contributed by atoms with Gasteiger partial charge in [0.25, 0.3) is 0 Å². The highest BCUT2D eigenvalue weighted by Crippen LogP contribution is 2.30. The van der Waals surface area contributed by atoms with Crippen LogP contribution in [0.2, 0.25) is 0 Å². The Morgan fingerprint density at radius 1 is 1.08 bits per heavy atom. The van der Waals surface area contributed by atoms with E-state index in [0.29, 0.717) is 23.0 Å². The van der Waals surface area contributed by atoms with Gasteiger partial charge < -0.3 is 10.5 Å². The van der Waals surface area contributed by atoms with Gasteiger partial charge in [0.05, 0.1) is 5.69 Å². The minimum absolute atomic E-state index is 0.114. The molecule has 2 aromatic heterocycles. The Morgan fingerprint density at radius 3 is 2.23 bits per heavy atom. The molecule has 1 aromatic carbocycles. The number of ether oxygens (including phenoxy) is 1. The van der Waals surface area contributed by atoms with Crippen LogP contribution in [0.4, 0.5) is 16.3 Å². The van der Waals surface area contributed by atoms with Gasteiger partial charge in [0, 0.05) is 29.6 Å². The highest BCUT2D eigenvalue weighted by atomic mass is 16.5. The van der Waals surface area contributed by atoms with Crippen molar-refractivity contribution >= 4 is 17.5 Å². The molecule has 134 valence electrons. The van der Waals surface area contributed by atoms with Gasteiger partial charge in [-0.3, -0.25) is 10.1 Å². The maximum atomic E-state index is 12.0. The third-order valence-electron chi connectivity index (χ3n) is 3.80. The summed E-state index contributed by atoms with van der Waals surface area (Å²) >= 11 is 0. The summed E-state index contributed by atoms with van der Waals surface area (Å²) in [6.45, 7) is 6.18. The summed E-state index contributed by atoms with van der Waals surface area (Å²) in [6, 6.07) is 11.8. The topological polar surface area (TPSA) is 97.1 Å². The number of rotatable bonds is 4. The quantitative estimate of drug-likeness (QED) is 0.739. The molecule has 0 aliphatic heterocycles. The summed E-state index contributed by atoms with van der Waals surface area (Å²) < 4.78 is 5.73. The van der Waals surface area contributed by atoms with E-state index in [1.165, 1.54) is 4.90 Å². The minimum atomic E-state index is -0.611. The van der Waals surface area contributed by atoms with Crippen molar-refractivity contribution in [1.29, 1.82) is 0 Å². The summed E-state index contributed by atoms with van der Waals surface area (Å²) in [5, 5.41) is 7.20. The monoisotopic (exact) mass is 351 g/mol. The highest BCUT2D eigenvalue weighted by Gasteiger charge is 2.22. The lowest BCUT2D eigenvalue weighted by Crippen LogP contribution is -2.31. The average molecular weight is 351 g/mol. The first-order chi connectivity index (χ1) is 12.3. The molecule has 2 amide bonds. The van der Waals surface area contributed by atoms with Gasteiger partial charge in [0.2, 0.25) is 0 Å². The van der Waals surface area contributed by atoms with Crippen LogP contribution < -0.4 is 15.4 Å². The Kier molecular flexibility index (Phi) is 4.62. The highest BCUT2D eigenvalue weighted by molar-refractivity contribution is 5.97. The van der Waals surface area contributed by atoms with Gasteiger partial charge in [-0.2, -0.15) is 5.10 Å². The number of H-pyrrole nitrogens is 1. The van der Waals surface area contributed by atoms with Crippen LogP contribution in [0, 0.1) is 0 Å². The van der Waals surface area contributed by atoms with E-state index < -0.39 is 6.03 Å². The zero-order valence-electron chi connectivity index (χ0n) is 14.9. The Morgan fingerprint density at radius 2 is 1.69 bits per heavy atom. The molecular weight excluding hydrogens is 330 g/mol. The van der Waals surface area contributed by atoms with Crippen LogP contribution in [0.3, 0.4) is 0 Å². The van der Waals surface area contributed by atoms with Crippen molar-refractivity contribution < 1.29 is 9.53 Å². The van der Waals surface area contributed by atoms with Crippen LogP contribution in [0.15, 0.2) is 54.9 Å². The molecule has 26 heavy (non-hydrogen) atoms. The molecule has 2 heterocycles. The van der Waals surface area contributed by atoms with Crippen LogP contribution in [-0.4, -0.2) is 21.2 Å². The number of carbonyl (C=O) groups is 1. The van der Waals surface area contributed by atoms with Crippen LogP contribution in [-0.2, 0) is 5.41 Å². The van der Waals surface area contributed by atoms with Crippen LogP contribution in [0.1, 0.15) is 26.5 Å². The minimum Gasteiger partial charge on any atom is -0.457 e. The second kappa shape index (κ2) is 6.87. The molecular formula is C19H21N5O2. The number of hydrogen-bond donors (Lipinski definition) is 2. The van der Waals surface area contributed by atoms with Crippen molar-refractivity contribution in [3.8, 4) is 11.5 Å². The van der Waals surface area contributed by atoms with Crippen molar-refractivity contribution in [2.45, 2.75) is 26.2 Å². The first-order valence-corrected chi connectivity index (χ1v) is 8.18. The largest absolute Gasteiger partial charge is 0.457 e. The number of anilines is 2. The summed E-state index contributed by atoms with van der Waals surface area (Å²) in [5.74, 6) is 1.77. The molecule has 0 unspecified atom stereocenters. The summed E-state index contributed by atoms with van der Waals surface area (Å²) in [4.78, 5) is 17.3. The maximum absolute atomic E-state index is 12.0. The molecule has 0 bridgehead atoms. The number of primary amides is 1. The molecule has 0 aliphatic carbocycles. The molecule has 0 fully saturated rings. The van der Waals surface area contributed by atoms with Crippen LogP contribution in [0.5, 0.6) is 11.5 Å². The molecule has 0 radical (unpaired) electrons. The van der Waals surface area contributed by atoms with Crippen molar-refractivity contribution in [3.05, 3.63) is 60.6 Å². The molecule has 7 heteroatoms. The predicted molar refractivity (Wildman–Crippen MR) is 99.8 cm³/mol. The van der Waals surface area contributed by atoms with E-state index in [4.69, 9.17) is 10.5 Å². The second-order valence-electron chi connectivity index (χ2n) is 6.84. The van der Waals surface area contributed by atoms with E-state index in [2.05, 4.69) is 36.0 Å². The molecule has 0 atom stereocenters. The van der Waals surface area contributed by atoms with E-state index >= 15 is 0 Å². The third-order valence-corrected chi connectivity index (χ3v) is 3.80. The van der Waals surface area contributed by atoms with E-state index in [9.17, 15) is 4.79 Å². The summed E-state index contributed by atoms with van der Waals surface area (Å²) in [7, 11) is 0. The van der Waals surface area contributed by atoms with E-state index in [-0.39, 0.29) is 5.41 Å². The lowest BCUT2D eigenvalue weighted by atomic mass is 9.92. The van der Waals surface area contributed by atoms with Crippen LogP contribution in [0.25, 0.3) is 0 Å². The fourth-order valence-corrected chi connectivity index (χ4v) is 2.39. The van der Waals surface area contributed by atoms with Crippen molar-refractivity contribution in [3.63, 3.8) is 0 Å². The first kappa shape index (κ1) is 17.5. The number of nitrogens with one attached hydrogen (secondary N) is 1. The normalized spacial score (nSPS) is 11.2. The van der Waals surface area contributed by atoms with Gasteiger partial charge >= 0.3 is 6.03 Å². The number of nitrogens with two attached hydrogens (primary N) is 1. The molecule has 3 N–H and O–H groups in total. The van der Waals surface area contributed by atoms with Crippen molar-refractivity contribution in [2.75, 3.05) is 4.90 Å². The second-order valence-corrected chi connectivity index (χ2v) is 6.84. The van der Waals surface area contributed by atoms with E-state index in [1.807, 2.05) is 6.07 Å². The Balaban J connectivity index is 1.85. The predicted octanol–water partition coefficient (Wildman–Crippen LogP) is 4.11. The number of hydrogen-bond acceptors (Lipinski definition) is 4. The SMILES string of the molecule is CC(C)(C)c1cc(N(C(N)=O)c2ccc(Oc3ccncc3)cc2)n[nH]1. The fourth-order valence-electron chi connectivity index (χ4n) is 2.39. The number of urea groups is 1. The standard InChI is InChI=1S/C19H21N5O2/c1-19(2,3)16-12-17(23-22-16)24(18(20)25)13-4-6-14(7-5-13)26-15-8-10-21-11-9-15/h4-12H,1-3H3,(H2,20,25)(H,22,23). The number of carbonyl (C=O) groups excluding carboxylic acids is 1. The van der Waals surface area contributed by atoms with Gasteiger partial charge in [-0.1, -0.05) is 20.8 Å². The first-order valence-electron chi connectivity index (χ1n) is 8.18. The van der Waals surface area contributed by atoms with Crippen molar-refractivity contribution in [2.24, 2.45) is 5.73 Å². The number of aromatic amines is 1. The van der Waals surface area contributed by atoms with Crippen molar-refractivity contribution in [1.82, 2.24) is 15.2 Å². The fraction of sp³-hybridized carbons (Fsp3) is 0.211. The van der Waals surface area contributed by atoms with Gasteiger partial charge in [0.1, 0.15) is 11.5 Å². The molecule has 7 nitrogen and oxygen atoms in total. The van der Waals surface area contributed by atoms with E-state index in [0.717, 1.165) is 5.69 Å². The van der Waals surface area contributed by atoms with Gasteiger partial charge in [0.15, 0.2) is 5.82 Å². The maximum Gasteiger partial charge on any atom is 0.325 e. The Hall–Kier alpha value is -3.35. The van der Waals surface area contributed by atoms with Gasteiger partial charge in [-0.25, -0.2) is 9.69 Å². The molecule has 0 saturated heterocycles. The molecule has 3 rings (SSSR count). The summed E-state index contributed by atoms with van der Waals surface area (Å²) in [5.41, 5.74) is 6.98. The molecule has 0 aliphatic rings. The summed E-state index contributed by atoms with van der Waals surface area (Å²) in [6.07, 6.45) is 3.31. The average Bonchev–Trinajstić information content (AvgIpc) is 3.07. The van der Waals surface area contributed by atoms with E-state index in [1.54, 1.807) is 48.8 Å². The lowest BCUT2D eigenvalue weighted by Gasteiger charge is -2.18. The van der Waals surface area contributed by atoms with Gasteiger partial charge in [-0.15, -0.1) is 0 Å². The number of benzene rings is 1. The number of nitrogens with zero attached hydrogens (tertiary/aromatic N) is 3. The molecule has 3 aromatic rings. The van der Waals surface area contributed by atoms with Gasteiger partial charge in [-0.05, 0) is 36.4 Å². The zero-order chi connectivity index (χ0) is 18.7. The molecule has 0 saturated carbocycles. The Bertz CT molecular complexity index is 882. The number of pyridine rings is 1. The van der Waals surface area contributed by atoms with Crippen LogP contribution >= 0.6 is 0 Å². The third kappa shape index (κ3) is 3.83. The lowest BCUT2D eigenvalue weighted by molar-refractivity contribution is 0.256. The zero-order valence-corrected chi connectivity index (χ0v) is 14.9.